The van der Waals surface area contributed by atoms with Gasteiger partial charge in [-0.1, -0.05) is 12.1 Å². The molecular formula is C14H14N2O3. The Hall–Kier alpha value is -2.56. The molecule has 0 saturated carbocycles. The number of anilines is 1. The summed E-state index contributed by atoms with van der Waals surface area (Å²) >= 11 is 0. The van der Waals surface area contributed by atoms with Gasteiger partial charge in [0.15, 0.2) is 0 Å². The standard InChI is InChI=1S/C14H14N2O3/c15-14(18)11-5-1-2-6-12(11)16-13(17)8-7-10-4-3-9-19-10/h1-6,9H,7-8H2,(H2,15,18)(H,16,17). The Labute approximate surface area is 110 Å². The molecule has 0 atom stereocenters. The third-order valence-corrected chi connectivity index (χ3v) is 2.65. The molecule has 0 fully saturated rings. The van der Waals surface area contributed by atoms with Gasteiger partial charge >= 0.3 is 0 Å². The molecule has 0 unspecified atom stereocenters. The predicted molar refractivity (Wildman–Crippen MR) is 70.6 cm³/mol. The van der Waals surface area contributed by atoms with E-state index in [0.29, 0.717) is 17.7 Å². The Morgan fingerprint density at radius 1 is 1.16 bits per heavy atom. The van der Waals surface area contributed by atoms with Crippen molar-refractivity contribution >= 4 is 17.5 Å². The number of rotatable bonds is 5. The molecule has 98 valence electrons. The molecule has 2 aromatic rings. The molecule has 2 rings (SSSR count). The van der Waals surface area contributed by atoms with Crippen molar-refractivity contribution in [2.45, 2.75) is 12.8 Å². The average Bonchev–Trinajstić information content (AvgIpc) is 2.90. The molecule has 0 aliphatic carbocycles. The van der Waals surface area contributed by atoms with Crippen molar-refractivity contribution in [3.63, 3.8) is 0 Å². The number of aryl methyl sites for hydroxylation is 1. The highest BCUT2D eigenvalue weighted by molar-refractivity contribution is 6.02. The van der Waals surface area contributed by atoms with E-state index in [1.165, 1.54) is 0 Å². The second kappa shape index (κ2) is 5.86. The fourth-order valence-corrected chi connectivity index (χ4v) is 1.71. The molecule has 0 bridgehead atoms. The van der Waals surface area contributed by atoms with Crippen molar-refractivity contribution in [2.24, 2.45) is 5.73 Å². The lowest BCUT2D eigenvalue weighted by molar-refractivity contribution is -0.116. The van der Waals surface area contributed by atoms with Gasteiger partial charge in [0.2, 0.25) is 5.91 Å². The van der Waals surface area contributed by atoms with E-state index in [9.17, 15) is 9.59 Å². The molecule has 19 heavy (non-hydrogen) atoms. The monoisotopic (exact) mass is 258 g/mol. The summed E-state index contributed by atoms with van der Waals surface area (Å²) in [5.74, 6) is -0.00892. The van der Waals surface area contributed by atoms with Crippen molar-refractivity contribution < 1.29 is 14.0 Å². The maximum absolute atomic E-state index is 11.8. The van der Waals surface area contributed by atoms with Crippen LogP contribution in [0.25, 0.3) is 0 Å². The highest BCUT2D eigenvalue weighted by Gasteiger charge is 2.10. The average molecular weight is 258 g/mol. The van der Waals surface area contributed by atoms with Gasteiger partial charge < -0.3 is 15.5 Å². The number of hydrogen-bond acceptors (Lipinski definition) is 3. The van der Waals surface area contributed by atoms with E-state index in [4.69, 9.17) is 10.2 Å². The van der Waals surface area contributed by atoms with E-state index in [1.807, 2.05) is 6.07 Å². The first kappa shape index (κ1) is 12.9. The molecule has 0 saturated heterocycles. The van der Waals surface area contributed by atoms with Gasteiger partial charge in [0, 0.05) is 12.8 Å². The van der Waals surface area contributed by atoms with Gasteiger partial charge in [-0.25, -0.2) is 0 Å². The maximum Gasteiger partial charge on any atom is 0.250 e. The molecule has 1 aromatic heterocycles. The smallest absolute Gasteiger partial charge is 0.250 e. The van der Waals surface area contributed by atoms with Crippen LogP contribution in [0.2, 0.25) is 0 Å². The highest BCUT2D eigenvalue weighted by Crippen LogP contribution is 2.15. The number of nitrogens with two attached hydrogens (primary N) is 1. The quantitative estimate of drug-likeness (QED) is 0.859. The minimum atomic E-state index is -0.568. The number of amides is 2. The number of para-hydroxylation sites is 1. The van der Waals surface area contributed by atoms with Gasteiger partial charge in [0.05, 0.1) is 17.5 Å². The van der Waals surface area contributed by atoms with Crippen molar-refractivity contribution in [3.05, 3.63) is 54.0 Å². The van der Waals surface area contributed by atoms with Gasteiger partial charge in [0.1, 0.15) is 5.76 Å². The molecule has 0 aliphatic heterocycles. The van der Waals surface area contributed by atoms with Crippen molar-refractivity contribution in [2.75, 3.05) is 5.32 Å². The molecule has 5 heteroatoms. The minimum absolute atomic E-state index is 0.190. The van der Waals surface area contributed by atoms with Crippen molar-refractivity contribution in [1.29, 1.82) is 0 Å². The predicted octanol–water partition coefficient (Wildman–Crippen LogP) is 1.95. The summed E-state index contributed by atoms with van der Waals surface area (Å²) in [6.07, 6.45) is 2.35. The van der Waals surface area contributed by atoms with E-state index in [-0.39, 0.29) is 12.3 Å². The van der Waals surface area contributed by atoms with E-state index in [2.05, 4.69) is 5.32 Å². The van der Waals surface area contributed by atoms with Crippen molar-refractivity contribution in [3.8, 4) is 0 Å². The molecule has 3 N–H and O–H groups in total. The van der Waals surface area contributed by atoms with E-state index >= 15 is 0 Å². The molecule has 1 aromatic carbocycles. The lowest BCUT2D eigenvalue weighted by Crippen LogP contribution is -2.18. The Morgan fingerprint density at radius 3 is 2.63 bits per heavy atom. The van der Waals surface area contributed by atoms with Crippen LogP contribution in [-0.2, 0) is 11.2 Å². The van der Waals surface area contributed by atoms with Gasteiger partial charge in [-0.05, 0) is 24.3 Å². The molecule has 0 spiro atoms. The third-order valence-electron chi connectivity index (χ3n) is 2.65. The van der Waals surface area contributed by atoms with Crippen LogP contribution in [0.15, 0.2) is 47.1 Å². The number of nitrogens with one attached hydrogen (secondary N) is 1. The molecule has 1 heterocycles. The Balaban J connectivity index is 1.97. The van der Waals surface area contributed by atoms with Gasteiger partial charge in [0.25, 0.3) is 5.91 Å². The minimum Gasteiger partial charge on any atom is -0.469 e. The molecular weight excluding hydrogens is 244 g/mol. The van der Waals surface area contributed by atoms with E-state index < -0.39 is 5.91 Å². The van der Waals surface area contributed by atoms with E-state index in [1.54, 1.807) is 36.6 Å². The first-order valence-electron chi connectivity index (χ1n) is 5.88. The van der Waals surface area contributed by atoms with Crippen LogP contribution in [0, 0.1) is 0 Å². The first-order valence-corrected chi connectivity index (χ1v) is 5.88. The Kier molecular flexibility index (Phi) is 3.97. The molecule has 5 nitrogen and oxygen atoms in total. The van der Waals surface area contributed by atoms with Crippen LogP contribution in [0.5, 0.6) is 0 Å². The topological polar surface area (TPSA) is 85.3 Å². The molecule has 2 amide bonds. The zero-order chi connectivity index (χ0) is 13.7. The third kappa shape index (κ3) is 3.45. The SMILES string of the molecule is NC(=O)c1ccccc1NC(=O)CCc1ccco1. The summed E-state index contributed by atoms with van der Waals surface area (Å²) in [6.45, 7) is 0. The summed E-state index contributed by atoms with van der Waals surface area (Å²) in [4.78, 5) is 23.0. The van der Waals surface area contributed by atoms with E-state index in [0.717, 1.165) is 5.76 Å². The first-order chi connectivity index (χ1) is 9.16. The lowest BCUT2D eigenvalue weighted by atomic mass is 10.1. The second-order valence-electron chi connectivity index (χ2n) is 4.04. The van der Waals surface area contributed by atoms with Crippen LogP contribution in [0.3, 0.4) is 0 Å². The summed E-state index contributed by atoms with van der Waals surface area (Å²) in [5, 5.41) is 2.67. The van der Waals surface area contributed by atoms with Crippen LogP contribution in [-0.4, -0.2) is 11.8 Å². The van der Waals surface area contributed by atoms with Crippen LogP contribution in [0.4, 0.5) is 5.69 Å². The zero-order valence-corrected chi connectivity index (χ0v) is 10.3. The Bertz CT molecular complexity index is 576. The largest absolute Gasteiger partial charge is 0.469 e. The number of benzene rings is 1. The van der Waals surface area contributed by atoms with Crippen LogP contribution >= 0.6 is 0 Å². The fraction of sp³-hybridized carbons (Fsp3) is 0.143. The molecule has 0 aliphatic rings. The zero-order valence-electron chi connectivity index (χ0n) is 10.3. The maximum atomic E-state index is 11.8. The van der Waals surface area contributed by atoms with Gasteiger partial charge in [-0.15, -0.1) is 0 Å². The van der Waals surface area contributed by atoms with Gasteiger partial charge in [-0.2, -0.15) is 0 Å². The number of furan rings is 1. The highest BCUT2D eigenvalue weighted by atomic mass is 16.3. The summed E-state index contributed by atoms with van der Waals surface area (Å²) in [7, 11) is 0. The lowest BCUT2D eigenvalue weighted by Gasteiger charge is -2.08. The van der Waals surface area contributed by atoms with Crippen LogP contribution < -0.4 is 11.1 Å². The Morgan fingerprint density at radius 2 is 1.95 bits per heavy atom. The number of carbonyl (C=O) groups is 2. The summed E-state index contributed by atoms with van der Waals surface area (Å²) < 4.78 is 5.14. The van der Waals surface area contributed by atoms with Crippen LogP contribution in [0.1, 0.15) is 22.5 Å². The number of carbonyl (C=O) groups excluding carboxylic acids is 2. The normalized spacial score (nSPS) is 10.1. The molecule has 0 radical (unpaired) electrons. The summed E-state index contributed by atoms with van der Waals surface area (Å²) in [5.41, 5.74) is 5.97. The number of primary amides is 1. The fourth-order valence-electron chi connectivity index (χ4n) is 1.71. The number of hydrogen-bond donors (Lipinski definition) is 2. The summed E-state index contributed by atoms with van der Waals surface area (Å²) in [6, 6.07) is 10.2. The van der Waals surface area contributed by atoms with Crippen molar-refractivity contribution in [1.82, 2.24) is 0 Å². The van der Waals surface area contributed by atoms with Gasteiger partial charge in [-0.3, -0.25) is 9.59 Å². The second-order valence-corrected chi connectivity index (χ2v) is 4.04.